The van der Waals surface area contributed by atoms with Crippen LogP contribution in [0.3, 0.4) is 0 Å². The van der Waals surface area contributed by atoms with Gasteiger partial charge in [-0.1, -0.05) is 32.9 Å². The number of rotatable bonds is 5. The molecule has 1 saturated heterocycles. The number of nitriles is 1. The third kappa shape index (κ3) is 5.48. The molecular formula is C21H28N4O5. The molecule has 0 aromatic heterocycles. The fourth-order valence-corrected chi connectivity index (χ4v) is 3.48. The minimum atomic E-state index is -1.33. The fraction of sp³-hybridized carbons (Fsp3) is 0.524. The Kier molecular flexibility index (Phi) is 7.05. The van der Waals surface area contributed by atoms with Crippen molar-refractivity contribution in [1.82, 2.24) is 15.5 Å². The molecule has 1 heterocycles. The summed E-state index contributed by atoms with van der Waals surface area (Å²) in [7, 11) is 0. The van der Waals surface area contributed by atoms with Gasteiger partial charge in [-0.25, -0.2) is 4.79 Å². The first-order chi connectivity index (χ1) is 13.9. The number of hydrogen-bond acceptors (Lipinski definition) is 5. The van der Waals surface area contributed by atoms with Crippen LogP contribution in [0.2, 0.25) is 0 Å². The second-order valence-corrected chi connectivity index (χ2v) is 8.61. The Bertz CT molecular complexity index is 840. The second-order valence-electron chi connectivity index (χ2n) is 8.61. The predicted octanol–water partition coefficient (Wildman–Crippen LogP) is 1.38. The van der Waals surface area contributed by atoms with E-state index >= 15 is 0 Å². The van der Waals surface area contributed by atoms with Gasteiger partial charge in [0.2, 0.25) is 11.8 Å². The van der Waals surface area contributed by atoms with Crippen molar-refractivity contribution in [3.8, 4) is 6.07 Å². The molecule has 0 bridgehead atoms. The highest BCUT2D eigenvalue weighted by molar-refractivity contribution is 5.92. The van der Waals surface area contributed by atoms with Crippen molar-refractivity contribution in [3.63, 3.8) is 0 Å². The number of aliphatic hydroxyl groups excluding tert-OH is 1. The molecule has 1 aliphatic rings. The average Bonchev–Trinajstić information content (AvgIpc) is 3.06. The molecule has 30 heavy (non-hydrogen) atoms. The normalized spacial score (nSPS) is 20.7. The van der Waals surface area contributed by atoms with E-state index < -0.39 is 41.5 Å². The van der Waals surface area contributed by atoms with Crippen molar-refractivity contribution in [3.05, 3.63) is 35.4 Å². The van der Waals surface area contributed by atoms with Gasteiger partial charge in [-0.05, 0) is 30.0 Å². The van der Waals surface area contributed by atoms with Gasteiger partial charge >= 0.3 is 6.09 Å². The number of likely N-dealkylation sites (tertiary alicyclic amines) is 1. The first-order valence-electron chi connectivity index (χ1n) is 9.72. The molecule has 162 valence electrons. The van der Waals surface area contributed by atoms with Crippen LogP contribution in [0.1, 0.15) is 51.3 Å². The van der Waals surface area contributed by atoms with E-state index in [0.717, 1.165) is 5.56 Å². The van der Waals surface area contributed by atoms with Crippen molar-refractivity contribution in [1.29, 1.82) is 5.26 Å². The van der Waals surface area contributed by atoms with Crippen molar-refractivity contribution in [2.75, 3.05) is 6.54 Å². The molecule has 9 nitrogen and oxygen atoms in total. The van der Waals surface area contributed by atoms with Crippen LogP contribution in [0.5, 0.6) is 0 Å². The lowest BCUT2D eigenvalue weighted by molar-refractivity contribution is -0.142. The predicted molar refractivity (Wildman–Crippen MR) is 108 cm³/mol. The number of hydrogen-bond donors (Lipinski definition) is 4. The topological polar surface area (TPSA) is 143 Å². The Balaban J connectivity index is 2.17. The number of carbonyl (C=O) groups excluding carboxylic acids is 2. The summed E-state index contributed by atoms with van der Waals surface area (Å²) in [6, 6.07) is 6.46. The second kappa shape index (κ2) is 9.13. The van der Waals surface area contributed by atoms with Crippen LogP contribution in [-0.4, -0.2) is 57.8 Å². The third-order valence-corrected chi connectivity index (χ3v) is 5.14. The number of aliphatic hydroxyl groups is 1. The van der Waals surface area contributed by atoms with E-state index in [4.69, 9.17) is 10.4 Å². The monoisotopic (exact) mass is 416 g/mol. The van der Waals surface area contributed by atoms with Crippen molar-refractivity contribution in [2.45, 2.75) is 58.3 Å². The Labute approximate surface area is 175 Å². The molecule has 1 aromatic rings. The highest BCUT2D eigenvalue weighted by atomic mass is 16.4. The first-order valence-corrected chi connectivity index (χ1v) is 9.72. The molecule has 4 atom stereocenters. The molecule has 9 heteroatoms. The summed E-state index contributed by atoms with van der Waals surface area (Å²) in [5.74, 6) is -0.979. The smallest absolute Gasteiger partial charge is 0.405 e. The molecule has 1 aromatic carbocycles. The number of carbonyl (C=O) groups is 3. The van der Waals surface area contributed by atoms with E-state index in [-0.39, 0.29) is 19.0 Å². The van der Waals surface area contributed by atoms with Gasteiger partial charge in [0.05, 0.1) is 23.8 Å². The number of carboxylic acid groups (broad SMARTS) is 1. The van der Waals surface area contributed by atoms with Crippen LogP contribution in [0, 0.1) is 16.7 Å². The van der Waals surface area contributed by atoms with E-state index in [1.807, 2.05) is 6.07 Å². The maximum atomic E-state index is 13.1. The first kappa shape index (κ1) is 23.2. The zero-order chi connectivity index (χ0) is 22.6. The summed E-state index contributed by atoms with van der Waals surface area (Å²) < 4.78 is 0. The van der Waals surface area contributed by atoms with Gasteiger partial charge in [0, 0.05) is 13.0 Å². The molecule has 2 rings (SSSR count). The van der Waals surface area contributed by atoms with E-state index in [1.165, 1.54) is 4.90 Å². The van der Waals surface area contributed by atoms with E-state index in [9.17, 15) is 19.5 Å². The number of benzene rings is 1. The van der Waals surface area contributed by atoms with Gasteiger partial charge in [0.15, 0.2) is 0 Å². The molecule has 3 amide bonds. The summed E-state index contributed by atoms with van der Waals surface area (Å²) in [6.45, 7) is 6.90. The van der Waals surface area contributed by atoms with Crippen LogP contribution in [0.25, 0.3) is 0 Å². The van der Waals surface area contributed by atoms with Gasteiger partial charge in [-0.3, -0.25) is 9.59 Å². The maximum Gasteiger partial charge on any atom is 0.405 e. The number of nitrogens with zero attached hydrogens (tertiary/aromatic N) is 2. The molecule has 1 aliphatic heterocycles. The molecule has 1 unspecified atom stereocenters. The quantitative estimate of drug-likeness (QED) is 0.571. The molecule has 1 fully saturated rings. The summed E-state index contributed by atoms with van der Waals surface area (Å²) in [4.78, 5) is 38.4. The lowest BCUT2D eigenvalue weighted by atomic mass is 9.85. The largest absolute Gasteiger partial charge is 0.465 e. The Morgan fingerprint density at radius 3 is 2.30 bits per heavy atom. The Morgan fingerprint density at radius 2 is 1.80 bits per heavy atom. The standard InChI is InChI=1S/C21H28N4O5/c1-12(14-7-5-13(10-22)6-8-14)23-18(27)16-9-15(26)11-25(16)19(28)17(21(2,3)4)24-20(29)30/h5-8,12,15-17,24,26H,9,11H2,1-4H3,(H,23,27)(H,29,30)/t12-,15+,16-,17?/m0/s1. The molecular weight excluding hydrogens is 388 g/mol. The van der Waals surface area contributed by atoms with E-state index in [0.29, 0.717) is 5.56 Å². The fourth-order valence-electron chi connectivity index (χ4n) is 3.48. The average molecular weight is 416 g/mol. The molecule has 0 radical (unpaired) electrons. The summed E-state index contributed by atoms with van der Waals surface area (Å²) in [6.07, 6.45) is -2.14. The summed E-state index contributed by atoms with van der Waals surface area (Å²) in [5, 5.41) is 33.2. The van der Waals surface area contributed by atoms with Crippen LogP contribution < -0.4 is 10.6 Å². The molecule has 0 spiro atoms. The summed E-state index contributed by atoms with van der Waals surface area (Å²) in [5.41, 5.74) is 0.575. The van der Waals surface area contributed by atoms with Gasteiger partial charge in [0.1, 0.15) is 12.1 Å². The lowest BCUT2D eigenvalue weighted by Crippen LogP contribution is -2.57. The van der Waals surface area contributed by atoms with Crippen LogP contribution in [0.4, 0.5) is 4.79 Å². The number of β-amino-alcohol motifs (C(OH)–C–C–N with tert-alkyl or cyclic N) is 1. The van der Waals surface area contributed by atoms with Crippen LogP contribution in [-0.2, 0) is 9.59 Å². The van der Waals surface area contributed by atoms with Crippen LogP contribution >= 0.6 is 0 Å². The number of amides is 3. The lowest BCUT2D eigenvalue weighted by Gasteiger charge is -2.34. The molecule has 0 saturated carbocycles. The third-order valence-electron chi connectivity index (χ3n) is 5.14. The highest BCUT2D eigenvalue weighted by Crippen LogP contribution is 2.26. The Hall–Kier alpha value is -3.12. The zero-order valence-corrected chi connectivity index (χ0v) is 17.5. The Morgan fingerprint density at radius 1 is 1.20 bits per heavy atom. The minimum absolute atomic E-state index is 0.0456. The molecule has 4 N–H and O–H groups in total. The van der Waals surface area contributed by atoms with Crippen molar-refractivity contribution < 1.29 is 24.6 Å². The van der Waals surface area contributed by atoms with Gasteiger partial charge in [-0.2, -0.15) is 5.26 Å². The van der Waals surface area contributed by atoms with E-state index in [2.05, 4.69) is 10.6 Å². The van der Waals surface area contributed by atoms with E-state index in [1.54, 1.807) is 52.0 Å². The van der Waals surface area contributed by atoms with Gasteiger partial charge < -0.3 is 25.7 Å². The van der Waals surface area contributed by atoms with Gasteiger partial charge in [-0.15, -0.1) is 0 Å². The van der Waals surface area contributed by atoms with Crippen molar-refractivity contribution >= 4 is 17.9 Å². The number of nitrogens with one attached hydrogen (secondary N) is 2. The van der Waals surface area contributed by atoms with Gasteiger partial charge in [0.25, 0.3) is 0 Å². The van der Waals surface area contributed by atoms with Crippen molar-refractivity contribution in [2.24, 2.45) is 5.41 Å². The zero-order valence-electron chi connectivity index (χ0n) is 17.5. The highest BCUT2D eigenvalue weighted by Gasteiger charge is 2.44. The molecule has 0 aliphatic carbocycles. The maximum absolute atomic E-state index is 13.1. The van der Waals surface area contributed by atoms with Crippen LogP contribution in [0.15, 0.2) is 24.3 Å². The minimum Gasteiger partial charge on any atom is -0.465 e. The summed E-state index contributed by atoms with van der Waals surface area (Å²) >= 11 is 0. The SMILES string of the molecule is C[C@H](NC(=O)[C@@H]1C[C@@H](O)CN1C(=O)C(NC(=O)O)C(C)(C)C)c1ccc(C#N)cc1.